The number of carbonyl (C=O) groups is 1. The Balaban J connectivity index is 1.82. The SMILES string of the molecule is CS(=O)(=O)N1C[C@@H]2CCN(C(=O)c3ccc(=O)[nH]n3)C[C@]2(CO)C1. The molecule has 0 spiro atoms. The molecule has 2 atom stereocenters. The smallest absolute Gasteiger partial charge is 0.274 e. The molecule has 0 bridgehead atoms. The Labute approximate surface area is 139 Å². The summed E-state index contributed by atoms with van der Waals surface area (Å²) in [5.41, 5.74) is -0.921. The van der Waals surface area contributed by atoms with Crippen molar-refractivity contribution in [3.8, 4) is 0 Å². The second-order valence-electron chi connectivity index (χ2n) is 6.59. The highest BCUT2D eigenvalue weighted by atomic mass is 32.2. The first-order valence-electron chi connectivity index (χ1n) is 7.66. The van der Waals surface area contributed by atoms with E-state index >= 15 is 0 Å². The zero-order chi connectivity index (χ0) is 17.5. The van der Waals surface area contributed by atoms with Crippen molar-refractivity contribution in [1.29, 1.82) is 0 Å². The van der Waals surface area contributed by atoms with E-state index in [9.17, 15) is 23.1 Å². The fraction of sp³-hybridized carbons (Fsp3) is 0.643. The van der Waals surface area contributed by atoms with Crippen LogP contribution in [0.4, 0.5) is 0 Å². The molecule has 0 radical (unpaired) electrons. The zero-order valence-electron chi connectivity index (χ0n) is 13.3. The number of amides is 1. The Hall–Kier alpha value is -1.78. The fourth-order valence-electron chi connectivity index (χ4n) is 3.61. The number of sulfonamides is 1. The van der Waals surface area contributed by atoms with Crippen molar-refractivity contribution in [2.75, 3.05) is 39.0 Å². The normalized spacial score (nSPS) is 27.9. The molecule has 2 aliphatic rings. The third-order valence-corrected chi connectivity index (χ3v) is 6.22. The molecule has 2 saturated heterocycles. The molecule has 1 amide bonds. The van der Waals surface area contributed by atoms with Crippen molar-refractivity contribution in [3.63, 3.8) is 0 Å². The van der Waals surface area contributed by atoms with Gasteiger partial charge in [-0.05, 0) is 18.4 Å². The first kappa shape index (κ1) is 17.1. The lowest BCUT2D eigenvalue weighted by atomic mass is 9.74. The number of aliphatic hydroxyl groups excluding tert-OH is 1. The second-order valence-corrected chi connectivity index (χ2v) is 8.58. The number of H-pyrrole nitrogens is 1. The van der Waals surface area contributed by atoms with Crippen molar-refractivity contribution in [1.82, 2.24) is 19.4 Å². The molecule has 2 N–H and O–H groups in total. The molecule has 10 heteroatoms. The Morgan fingerprint density at radius 1 is 1.46 bits per heavy atom. The average molecular weight is 356 g/mol. The van der Waals surface area contributed by atoms with Crippen molar-refractivity contribution < 1.29 is 18.3 Å². The highest BCUT2D eigenvalue weighted by Gasteiger charge is 2.52. The summed E-state index contributed by atoms with van der Waals surface area (Å²) in [6.45, 7) is 1.12. The van der Waals surface area contributed by atoms with Crippen molar-refractivity contribution in [3.05, 3.63) is 28.2 Å². The summed E-state index contributed by atoms with van der Waals surface area (Å²) in [7, 11) is -3.34. The van der Waals surface area contributed by atoms with Gasteiger partial charge < -0.3 is 10.0 Å². The first-order valence-corrected chi connectivity index (χ1v) is 9.51. The number of hydrogen-bond acceptors (Lipinski definition) is 6. The minimum absolute atomic E-state index is 0.0183. The van der Waals surface area contributed by atoms with Crippen LogP contribution in [0.5, 0.6) is 0 Å². The van der Waals surface area contributed by atoms with E-state index in [0.29, 0.717) is 19.5 Å². The van der Waals surface area contributed by atoms with Crippen LogP contribution in [0.2, 0.25) is 0 Å². The molecule has 1 aromatic heterocycles. The average Bonchev–Trinajstić information content (AvgIpc) is 2.94. The number of hydrogen-bond donors (Lipinski definition) is 2. The second kappa shape index (κ2) is 5.94. The van der Waals surface area contributed by atoms with Gasteiger partial charge in [-0.1, -0.05) is 0 Å². The minimum atomic E-state index is -3.34. The van der Waals surface area contributed by atoms with Gasteiger partial charge in [0.15, 0.2) is 0 Å². The lowest BCUT2D eigenvalue weighted by Gasteiger charge is -2.42. The Morgan fingerprint density at radius 2 is 2.21 bits per heavy atom. The number of piperidine rings is 1. The molecule has 1 aromatic rings. The maximum absolute atomic E-state index is 12.6. The van der Waals surface area contributed by atoms with Crippen LogP contribution >= 0.6 is 0 Å². The molecule has 24 heavy (non-hydrogen) atoms. The Morgan fingerprint density at radius 3 is 2.79 bits per heavy atom. The molecule has 0 aromatic carbocycles. The lowest BCUT2D eigenvalue weighted by Crippen LogP contribution is -2.52. The molecular weight excluding hydrogens is 336 g/mol. The molecule has 3 heterocycles. The van der Waals surface area contributed by atoms with Crippen molar-refractivity contribution in [2.24, 2.45) is 11.3 Å². The van der Waals surface area contributed by atoms with Gasteiger partial charge in [0.05, 0.1) is 12.9 Å². The van der Waals surface area contributed by atoms with E-state index in [-0.39, 0.29) is 37.2 Å². The van der Waals surface area contributed by atoms with Crippen molar-refractivity contribution >= 4 is 15.9 Å². The molecule has 9 nitrogen and oxygen atoms in total. The number of nitrogens with zero attached hydrogens (tertiary/aromatic N) is 3. The van der Waals surface area contributed by atoms with Gasteiger partial charge in [-0.15, -0.1) is 0 Å². The molecule has 3 rings (SSSR count). The third-order valence-electron chi connectivity index (χ3n) is 5.00. The molecule has 2 aliphatic heterocycles. The summed E-state index contributed by atoms with van der Waals surface area (Å²) >= 11 is 0. The standard InChI is InChI=1S/C14H20N4O5S/c1-24(22,23)18-6-10-4-5-17(7-14(10,8-18)9-19)13(21)11-2-3-12(20)16-15-11/h2-3,10,19H,4-9H2,1H3,(H,16,20)/t10-,14+/m0/s1. The number of carbonyl (C=O) groups excluding carboxylic acids is 1. The summed E-state index contributed by atoms with van der Waals surface area (Å²) < 4.78 is 25.0. The van der Waals surface area contributed by atoms with Crippen LogP contribution in [0.1, 0.15) is 16.9 Å². The largest absolute Gasteiger partial charge is 0.396 e. The number of aliphatic hydroxyl groups is 1. The number of aromatic amines is 1. The highest BCUT2D eigenvalue weighted by Crippen LogP contribution is 2.42. The summed E-state index contributed by atoms with van der Waals surface area (Å²) in [6, 6.07) is 2.59. The van der Waals surface area contributed by atoms with Gasteiger partial charge in [0.2, 0.25) is 10.0 Å². The number of nitrogens with one attached hydrogen (secondary N) is 1. The van der Waals surface area contributed by atoms with Gasteiger partial charge in [-0.2, -0.15) is 5.10 Å². The molecule has 0 aliphatic carbocycles. The van der Waals surface area contributed by atoms with Crippen LogP contribution < -0.4 is 5.56 Å². The summed E-state index contributed by atoms with van der Waals surface area (Å²) in [5, 5.41) is 15.9. The van der Waals surface area contributed by atoms with Crippen LogP contribution in [0.3, 0.4) is 0 Å². The summed E-state index contributed by atoms with van der Waals surface area (Å²) in [4.78, 5) is 25.2. The minimum Gasteiger partial charge on any atom is -0.396 e. The zero-order valence-corrected chi connectivity index (χ0v) is 14.1. The van der Waals surface area contributed by atoms with Gasteiger partial charge >= 0.3 is 0 Å². The number of fused-ring (bicyclic) bond motifs is 1. The van der Waals surface area contributed by atoms with Crippen LogP contribution in [-0.4, -0.2) is 77.9 Å². The van der Waals surface area contributed by atoms with Gasteiger partial charge in [0.25, 0.3) is 11.5 Å². The van der Waals surface area contributed by atoms with Gasteiger partial charge in [0.1, 0.15) is 5.69 Å². The maximum Gasteiger partial charge on any atom is 0.274 e. The fourth-order valence-corrected chi connectivity index (χ4v) is 4.55. The monoisotopic (exact) mass is 356 g/mol. The van der Waals surface area contributed by atoms with Gasteiger partial charge in [-0.3, -0.25) is 9.59 Å². The summed E-state index contributed by atoms with van der Waals surface area (Å²) in [6.07, 6.45) is 1.77. The molecule has 0 saturated carbocycles. The van der Waals surface area contributed by atoms with E-state index in [1.807, 2.05) is 0 Å². The molecule has 2 fully saturated rings. The van der Waals surface area contributed by atoms with Crippen LogP contribution in [0.15, 0.2) is 16.9 Å². The lowest BCUT2D eigenvalue weighted by molar-refractivity contribution is 0.0125. The topological polar surface area (TPSA) is 124 Å². The quantitative estimate of drug-likeness (QED) is 0.678. The van der Waals surface area contributed by atoms with E-state index in [2.05, 4.69) is 10.2 Å². The number of aromatic nitrogens is 2. The van der Waals surface area contributed by atoms with E-state index < -0.39 is 21.0 Å². The van der Waals surface area contributed by atoms with Crippen LogP contribution in [0.25, 0.3) is 0 Å². The van der Waals surface area contributed by atoms with Crippen LogP contribution in [0, 0.1) is 11.3 Å². The van der Waals surface area contributed by atoms with E-state index in [0.717, 1.165) is 6.26 Å². The molecule has 132 valence electrons. The van der Waals surface area contributed by atoms with Crippen molar-refractivity contribution in [2.45, 2.75) is 6.42 Å². The Kier molecular flexibility index (Phi) is 4.22. The number of likely N-dealkylation sites (tertiary alicyclic amines) is 1. The number of rotatable bonds is 3. The van der Waals surface area contributed by atoms with Gasteiger partial charge in [-0.25, -0.2) is 17.8 Å². The first-order chi connectivity index (χ1) is 11.2. The predicted molar refractivity (Wildman–Crippen MR) is 84.8 cm³/mol. The van der Waals surface area contributed by atoms with E-state index in [1.165, 1.54) is 16.4 Å². The summed E-state index contributed by atoms with van der Waals surface area (Å²) in [5.74, 6) is -0.319. The van der Waals surface area contributed by atoms with Crippen LogP contribution in [-0.2, 0) is 10.0 Å². The van der Waals surface area contributed by atoms with E-state index in [4.69, 9.17) is 0 Å². The highest BCUT2D eigenvalue weighted by molar-refractivity contribution is 7.88. The Bertz CT molecular complexity index is 787. The molecular formula is C14H20N4O5S. The third kappa shape index (κ3) is 2.96. The van der Waals surface area contributed by atoms with Gasteiger partial charge in [0, 0.05) is 37.7 Å². The molecule has 0 unspecified atom stereocenters. The predicted octanol–water partition coefficient (Wildman–Crippen LogP) is -1.51. The van der Waals surface area contributed by atoms with E-state index in [1.54, 1.807) is 4.90 Å². The maximum atomic E-state index is 12.6.